The second-order valence-corrected chi connectivity index (χ2v) is 5.98. The number of carboxylic acid groups (broad SMARTS) is 1. The summed E-state index contributed by atoms with van der Waals surface area (Å²) in [5.74, 6) is -1.02. The molecule has 1 N–H and O–H groups in total. The molecule has 1 aromatic carbocycles. The molecule has 0 aliphatic carbocycles. The summed E-state index contributed by atoms with van der Waals surface area (Å²) in [5, 5.41) is 12.9. The van der Waals surface area contributed by atoms with Gasteiger partial charge in [-0.2, -0.15) is 11.3 Å². The molecule has 4 nitrogen and oxygen atoms in total. The van der Waals surface area contributed by atoms with Crippen molar-refractivity contribution in [1.82, 2.24) is 0 Å². The van der Waals surface area contributed by atoms with Gasteiger partial charge in [0, 0.05) is 23.5 Å². The second-order valence-electron chi connectivity index (χ2n) is 5.24. The summed E-state index contributed by atoms with van der Waals surface area (Å²) in [6.07, 6.45) is 0.0451. The minimum atomic E-state index is -0.837. The predicted octanol–water partition coefficient (Wildman–Crippen LogP) is 3.28. The summed E-state index contributed by atoms with van der Waals surface area (Å²) < 4.78 is 0. The fourth-order valence-electron chi connectivity index (χ4n) is 2.80. The maximum absolute atomic E-state index is 12.7. The number of anilines is 1. The number of carbonyl (C=O) groups is 2. The van der Waals surface area contributed by atoms with Crippen LogP contribution in [0, 0.1) is 6.92 Å². The minimum absolute atomic E-state index is 0.0451. The van der Waals surface area contributed by atoms with Crippen molar-refractivity contribution in [3.8, 4) is 0 Å². The third-order valence-electron chi connectivity index (χ3n) is 3.82. The van der Waals surface area contributed by atoms with Crippen LogP contribution in [0.25, 0.3) is 0 Å². The van der Waals surface area contributed by atoms with E-state index in [2.05, 4.69) is 0 Å². The van der Waals surface area contributed by atoms with E-state index in [4.69, 9.17) is 5.11 Å². The molecule has 2 heterocycles. The van der Waals surface area contributed by atoms with E-state index in [1.165, 1.54) is 11.3 Å². The van der Waals surface area contributed by atoms with Crippen LogP contribution in [0.2, 0.25) is 0 Å². The Bertz CT molecular complexity index is 707. The fraction of sp³-hybridized carbons (Fsp3) is 0.250. The van der Waals surface area contributed by atoms with Crippen LogP contribution in [0.3, 0.4) is 0 Å². The quantitative estimate of drug-likeness (QED) is 0.946. The number of aliphatic carboxylic acids is 1. The Morgan fingerprint density at radius 1 is 1.33 bits per heavy atom. The molecular formula is C16H15NO3S. The molecular weight excluding hydrogens is 286 g/mol. The normalized spacial score (nSPS) is 16.8. The summed E-state index contributed by atoms with van der Waals surface area (Å²) in [4.78, 5) is 25.4. The molecule has 1 amide bonds. The topological polar surface area (TPSA) is 57.6 Å². The van der Waals surface area contributed by atoms with Crippen LogP contribution >= 0.6 is 11.3 Å². The number of hydrogen-bond acceptors (Lipinski definition) is 3. The highest BCUT2D eigenvalue weighted by molar-refractivity contribution is 7.08. The van der Waals surface area contributed by atoms with Gasteiger partial charge in [-0.05, 0) is 29.5 Å². The molecule has 1 atom stereocenters. The molecule has 0 saturated carbocycles. The van der Waals surface area contributed by atoms with Gasteiger partial charge in [0.05, 0.1) is 12.0 Å². The van der Waals surface area contributed by atoms with Gasteiger partial charge in [-0.1, -0.05) is 18.2 Å². The van der Waals surface area contributed by atoms with Gasteiger partial charge in [-0.15, -0.1) is 0 Å². The highest BCUT2D eigenvalue weighted by Crippen LogP contribution is 2.39. The molecule has 1 aromatic heterocycles. The van der Waals surface area contributed by atoms with E-state index in [0.717, 1.165) is 16.8 Å². The van der Waals surface area contributed by atoms with Crippen LogP contribution < -0.4 is 4.90 Å². The minimum Gasteiger partial charge on any atom is -0.481 e. The molecule has 0 spiro atoms. The summed E-state index contributed by atoms with van der Waals surface area (Å²) in [6, 6.07) is 7.56. The summed E-state index contributed by atoms with van der Waals surface area (Å²) >= 11 is 1.50. The van der Waals surface area contributed by atoms with Crippen molar-refractivity contribution in [2.24, 2.45) is 0 Å². The van der Waals surface area contributed by atoms with Crippen molar-refractivity contribution in [3.63, 3.8) is 0 Å². The number of hydrogen-bond donors (Lipinski definition) is 1. The molecule has 5 heteroatoms. The predicted molar refractivity (Wildman–Crippen MR) is 82.2 cm³/mol. The molecule has 2 aromatic rings. The third kappa shape index (κ3) is 2.45. The number of para-hydroxylation sites is 1. The fourth-order valence-corrected chi connectivity index (χ4v) is 3.62. The van der Waals surface area contributed by atoms with Crippen LogP contribution in [0.15, 0.2) is 35.0 Å². The van der Waals surface area contributed by atoms with Crippen LogP contribution in [0.4, 0.5) is 5.69 Å². The van der Waals surface area contributed by atoms with Crippen LogP contribution in [0.1, 0.15) is 33.8 Å². The van der Waals surface area contributed by atoms with E-state index >= 15 is 0 Å². The lowest BCUT2D eigenvalue weighted by molar-refractivity contribution is -0.137. The Morgan fingerprint density at radius 3 is 2.76 bits per heavy atom. The number of carbonyl (C=O) groups excluding carboxylic acids is 1. The molecule has 1 aliphatic rings. The Kier molecular flexibility index (Phi) is 3.51. The first-order chi connectivity index (χ1) is 10.1. The Hall–Kier alpha value is -2.14. The van der Waals surface area contributed by atoms with Crippen molar-refractivity contribution in [2.75, 3.05) is 11.4 Å². The lowest BCUT2D eigenvalue weighted by atomic mass is 9.98. The average Bonchev–Trinajstić information content (AvgIpc) is 3.02. The zero-order chi connectivity index (χ0) is 15.0. The van der Waals surface area contributed by atoms with Gasteiger partial charge in [-0.25, -0.2) is 0 Å². The summed E-state index contributed by atoms with van der Waals surface area (Å²) in [7, 11) is 0. The highest BCUT2D eigenvalue weighted by atomic mass is 32.1. The van der Waals surface area contributed by atoms with Gasteiger partial charge in [0.2, 0.25) is 0 Å². The first kappa shape index (κ1) is 13.8. The molecule has 0 fully saturated rings. The van der Waals surface area contributed by atoms with E-state index in [1.54, 1.807) is 4.90 Å². The highest BCUT2D eigenvalue weighted by Gasteiger charge is 2.34. The molecule has 0 bridgehead atoms. The van der Waals surface area contributed by atoms with E-state index in [9.17, 15) is 9.59 Å². The van der Waals surface area contributed by atoms with Crippen molar-refractivity contribution < 1.29 is 14.7 Å². The maximum Gasteiger partial charge on any atom is 0.304 e. The Balaban J connectivity index is 1.96. The van der Waals surface area contributed by atoms with E-state index < -0.39 is 5.97 Å². The van der Waals surface area contributed by atoms with E-state index in [-0.39, 0.29) is 18.2 Å². The Labute approximate surface area is 126 Å². The number of thiophene rings is 1. The van der Waals surface area contributed by atoms with Crippen LogP contribution in [-0.2, 0) is 4.79 Å². The van der Waals surface area contributed by atoms with Crippen molar-refractivity contribution in [1.29, 1.82) is 0 Å². The molecule has 1 unspecified atom stereocenters. The summed E-state index contributed by atoms with van der Waals surface area (Å²) in [6.45, 7) is 2.35. The van der Waals surface area contributed by atoms with Gasteiger partial charge >= 0.3 is 5.97 Å². The lowest BCUT2D eigenvalue weighted by Gasteiger charge is -2.17. The van der Waals surface area contributed by atoms with E-state index in [0.29, 0.717) is 12.1 Å². The lowest BCUT2D eigenvalue weighted by Crippen LogP contribution is -2.30. The molecule has 0 radical (unpaired) electrons. The zero-order valence-corrected chi connectivity index (χ0v) is 12.4. The monoisotopic (exact) mass is 301 g/mol. The molecule has 108 valence electrons. The number of aryl methyl sites for hydroxylation is 1. The number of nitrogens with zero attached hydrogens (tertiary/aromatic N) is 1. The van der Waals surface area contributed by atoms with Crippen molar-refractivity contribution >= 4 is 28.9 Å². The SMILES string of the molecule is Cc1cscc1C(=O)N1CC(CC(=O)O)c2ccccc21. The van der Waals surface area contributed by atoms with Gasteiger partial charge in [0.25, 0.3) is 5.91 Å². The molecule has 21 heavy (non-hydrogen) atoms. The number of carboxylic acids is 1. The van der Waals surface area contributed by atoms with Crippen LogP contribution in [0.5, 0.6) is 0 Å². The third-order valence-corrected chi connectivity index (χ3v) is 4.68. The smallest absolute Gasteiger partial charge is 0.304 e. The first-order valence-electron chi connectivity index (χ1n) is 6.73. The average molecular weight is 301 g/mol. The molecule has 0 saturated heterocycles. The second kappa shape index (κ2) is 5.33. The molecule has 1 aliphatic heterocycles. The van der Waals surface area contributed by atoms with Crippen molar-refractivity contribution in [3.05, 3.63) is 51.7 Å². The maximum atomic E-state index is 12.7. The molecule has 3 rings (SSSR count). The Morgan fingerprint density at radius 2 is 2.10 bits per heavy atom. The van der Waals surface area contributed by atoms with E-state index in [1.807, 2.05) is 41.9 Å². The van der Waals surface area contributed by atoms with Gasteiger partial charge in [-0.3, -0.25) is 9.59 Å². The summed E-state index contributed by atoms with van der Waals surface area (Å²) in [5.41, 5.74) is 3.44. The van der Waals surface area contributed by atoms with Gasteiger partial charge in [0.1, 0.15) is 0 Å². The van der Waals surface area contributed by atoms with Gasteiger partial charge < -0.3 is 10.0 Å². The number of fused-ring (bicyclic) bond motifs is 1. The number of benzene rings is 1. The number of amides is 1. The first-order valence-corrected chi connectivity index (χ1v) is 7.67. The standard InChI is InChI=1S/C16H15NO3S/c1-10-8-21-9-13(10)16(20)17-7-11(6-15(18)19)12-4-2-3-5-14(12)17/h2-5,8-9,11H,6-7H2,1H3,(H,18,19). The van der Waals surface area contributed by atoms with Gasteiger partial charge in [0.15, 0.2) is 0 Å². The zero-order valence-electron chi connectivity index (χ0n) is 11.6. The van der Waals surface area contributed by atoms with Crippen LogP contribution in [-0.4, -0.2) is 23.5 Å². The van der Waals surface area contributed by atoms with Crippen molar-refractivity contribution in [2.45, 2.75) is 19.3 Å². The number of rotatable bonds is 3. The largest absolute Gasteiger partial charge is 0.481 e.